The molecule has 3 unspecified atom stereocenters. The van der Waals surface area contributed by atoms with Crippen LogP contribution in [0.3, 0.4) is 0 Å². The zero-order chi connectivity index (χ0) is 16.3. The highest BCUT2D eigenvalue weighted by Crippen LogP contribution is 2.42. The van der Waals surface area contributed by atoms with Crippen molar-refractivity contribution in [1.82, 2.24) is 10.6 Å². The first-order chi connectivity index (χ1) is 10.4. The van der Waals surface area contributed by atoms with Crippen molar-refractivity contribution in [2.24, 2.45) is 5.92 Å². The van der Waals surface area contributed by atoms with Gasteiger partial charge in [-0.2, -0.15) is 0 Å². The number of benzene rings is 1. The van der Waals surface area contributed by atoms with Crippen molar-refractivity contribution in [3.05, 3.63) is 35.4 Å². The topological polar surface area (TPSA) is 61.4 Å². The summed E-state index contributed by atoms with van der Waals surface area (Å²) in [5.74, 6) is -1.32. The number of rotatable bonds is 6. The summed E-state index contributed by atoms with van der Waals surface area (Å²) in [7, 11) is 0. The average molecular weight is 312 g/mol. The lowest BCUT2D eigenvalue weighted by molar-refractivity contribution is 0.116. The van der Waals surface area contributed by atoms with Gasteiger partial charge in [0.1, 0.15) is 11.6 Å². The molecule has 3 atom stereocenters. The molecule has 122 valence electrons. The minimum atomic E-state index is -0.574. The van der Waals surface area contributed by atoms with Crippen LogP contribution in [0.5, 0.6) is 0 Å². The van der Waals surface area contributed by atoms with E-state index in [1.165, 1.54) is 18.2 Å². The number of urea groups is 1. The van der Waals surface area contributed by atoms with Gasteiger partial charge in [-0.05, 0) is 30.9 Å². The highest BCUT2D eigenvalue weighted by Gasteiger charge is 2.42. The van der Waals surface area contributed by atoms with E-state index in [4.69, 9.17) is 0 Å². The van der Waals surface area contributed by atoms with Crippen molar-refractivity contribution in [2.75, 3.05) is 6.54 Å². The Hall–Kier alpha value is -1.69. The van der Waals surface area contributed by atoms with Crippen molar-refractivity contribution in [3.8, 4) is 0 Å². The molecule has 0 spiro atoms. The second-order valence-corrected chi connectivity index (χ2v) is 6.08. The Labute approximate surface area is 128 Å². The predicted molar refractivity (Wildman–Crippen MR) is 79.5 cm³/mol. The molecule has 1 fully saturated rings. The molecule has 0 radical (unpaired) electrons. The molecule has 22 heavy (non-hydrogen) atoms. The van der Waals surface area contributed by atoms with Gasteiger partial charge in [0.25, 0.3) is 0 Å². The highest BCUT2D eigenvalue weighted by atomic mass is 19.1. The fraction of sp³-hybridized carbons (Fsp3) is 0.562. The Morgan fingerprint density at radius 3 is 2.59 bits per heavy atom. The van der Waals surface area contributed by atoms with Crippen LogP contribution in [0.25, 0.3) is 0 Å². The lowest BCUT2D eigenvalue weighted by atomic mass is 10.0. The van der Waals surface area contributed by atoms with Crippen LogP contribution in [0.15, 0.2) is 18.2 Å². The largest absolute Gasteiger partial charge is 0.393 e. The minimum absolute atomic E-state index is 0.0445. The summed E-state index contributed by atoms with van der Waals surface area (Å²) in [6.07, 6.45) is 0.544. The van der Waals surface area contributed by atoms with Gasteiger partial charge in [0.05, 0.1) is 6.10 Å². The van der Waals surface area contributed by atoms with Crippen LogP contribution in [0.4, 0.5) is 13.6 Å². The van der Waals surface area contributed by atoms with E-state index in [9.17, 15) is 18.7 Å². The van der Waals surface area contributed by atoms with Crippen molar-refractivity contribution in [2.45, 2.75) is 44.8 Å². The zero-order valence-corrected chi connectivity index (χ0v) is 12.8. The molecule has 0 aliphatic heterocycles. The standard InChI is InChI=1S/C16H22F2N2O2/c1-9(2)14(21)6-7-19-16(22)20-13-8-10(13)15-11(17)4-3-5-12(15)18/h3-5,9-10,13-14,21H,6-8H2,1-2H3,(H2,19,20,22). The second-order valence-electron chi connectivity index (χ2n) is 6.08. The third kappa shape index (κ3) is 4.16. The maximum Gasteiger partial charge on any atom is 0.315 e. The van der Waals surface area contributed by atoms with Gasteiger partial charge >= 0.3 is 6.03 Å². The molecule has 4 nitrogen and oxygen atoms in total. The molecule has 1 aromatic rings. The fourth-order valence-electron chi connectivity index (χ4n) is 2.42. The SMILES string of the molecule is CC(C)C(O)CCNC(=O)NC1CC1c1c(F)cccc1F. The highest BCUT2D eigenvalue weighted by molar-refractivity contribution is 5.74. The molecule has 3 N–H and O–H groups in total. The first kappa shape index (κ1) is 16.7. The number of aliphatic hydroxyl groups is 1. The van der Waals surface area contributed by atoms with E-state index in [2.05, 4.69) is 10.6 Å². The van der Waals surface area contributed by atoms with E-state index in [-0.39, 0.29) is 29.5 Å². The van der Waals surface area contributed by atoms with Crippen LogP contribution in [0.1, 0.15) is 38.2 Å². The number of carbonyl (C=O) groups excluding carboxylic acids is 1. The molecule has 1 aliphatic rings. The summed E-state index contributed by atoms with van der Waals surface area (Å²) < 4.78 is 27.2. The van der Waals surface area contributed by atoms with E-state index in [0.29, 0.717) is 19.4 Å². The molecule has 6 heteroatoms. The van der Waals surface area contributed by atoms with Gasteiger partial charge in [0, 0.05) is 24.1 Å². The average Bonchev–Trinajstić information content (AvgIpc) is 3.17. The minimum Gasteiger partial charge on any atom is -0.393 e. The number of aliphatic hydroxyl groups excluding tert-OH is 1. The Morgan fingerprint density at radius 1 is 1.36 bits per heavy atom. The first-order valence-corrected chi connectivity index (χ1v) is 7.56. The Bertz CT molecular complexity index is 517. The molecule has 1 aromatic carbocycles. The first-order valence-electron chi connectivity index (χ1n) is 7.56. The molecule has 0 saturated heterocycles. The van der Waals surface area contributed by atoms with Crippen LogP contribution in [-0.4, -0.2) is 29.8 Å². The normalized spacial score (nSPS) is 21.5. The number of nitrogens with one attached hydrogen (secondary N) is 2. The molecule has 2 rings (SSSR count). The third-order valence-corrected chi connectivity index (χ3v) is 3.97. The molecule has 0 aromatic heterocycles. The van der Waals surface area contributed by atoms with Crippen LogP contribution >= 0.6 is 0 Å². The molecule has 1 aliphatic carbocycles. The summed E-state index contributed by atoms with van der Waals surface area (Å²) in [5.41, 5.74) is 0.0445. The van der Waals surface area contributed by atoms with E-state index in [1.807, 2.05) is 13.8 Å². The van der Waals surface area contributed by atoms with E-state index >= 15 is 0 Å². The van der Waals surface area contributed by atoms with Crippen molar-refractivity contribution in [1.29, 1.82) is 0 Å². The lowest BCUT2D eigenvalue weighted by Gasteiger charge is -2.14. The number of amides is 2. The molecule has 0 bridgehead atoms. The summed E-state index contributed by atoms with van der Waals surface area (Å²) in [4.78, 5) is 11.7. The smallest absolute Gasteiger partial charge is 0.315 e. The van der Waals surface area contributed by atoms with Gasteiger partial charge in [0.2, 0.25) is 0 Å². The van der Waals surface area contributed by atoms with Crippen LogP contribution in [0, 0.1) is 17.6 Å². The van der Waals surface area contributed by atoms with Crippen molar-refractivity contribution in [3.63, 3.8) is 0 Å². The molecule has 0 heterocycles. The maximum absolute atomic E-state index is 13.6. The summed E-state index contributed by atoms with van der Waals surface area (Å²) in [6, 6.07) is 3.15. The van der Waals surface area contributed by atoms with Gasteiger partial charge in [0.15, 0.2) is 0 Å². The fourth-order valence-corrected chi connectivity index (χ4v) is 2.42. The van der Waals surface area contributed by atoms with E-state index in [0.717, 1.165) is 0 Å². The van der Waals surface area contributed by atoms with E-state index in [1.54, 1.807) is 0 Å². The number of hydrogen-bond donors (Lipinski definition) is 3. The van der Waals surface area contributed by atoms with E-state index < -0.39 is 17.7 Å². The summed E-state index contributed by atoms with van der Waals surface area (Å²) in [5, 5.41) is 15.0. The third-order valence-electron chi connectivity index (χ3n) is 3.97. The molecular weight excluding hydrogens is 290 g/mol. The quantitative estimate of drug-likeness (QED) is 0.756. The van der Waals surface area contributed by atoms with Gasteiger partial charge in [-0.25, -0.2) is 13.6 Å². The van der Waals surface area contributed by atoms with Gasteiger partial charge in [-0.3, -0.25) is 0 Å². The Balaban J connectivity index is 1.76. The number of hydrogen-bond acceptors (Lipinski definition) is 2. The lowest BCUT2D eigenvalue weighted by Crippen LogP contribution is -2.39. The monoisotopic (exact) mass is 312 g/mol. The van der Waals surface area contributed by atoms with Crippen LogP contribution in [0.2, 0.25) is 0 Å². The summed E-state index contributed by atoms with van der Waals surface area (Å²) >= 11 is 0. The Kier molecular flexibility index (Phi) is 5.34. The van der Waals surface area contributed by atoms with Crippen LogP contribution in [-0.2, 0) is 0 Å². The van der Waals surface area contributed by atoms with Crippen molar-refractivity contribution < 1.29 is 18.7 Å². The molecular formula is C16H22F2N2O2. The van der Waals surface area contributed by atoms with Crippen molar-refractivity contribution >= 4 is 6.03 Å². The molecule has 2 amide bonds. The number of carbonyl (C=O) groups is 1. The van der Waals surface area contributed by atoms with Gasteiger partial charge in [-0.1, -0.05) is 19.9 Å². The van der Waals surface area contributed by atoms with Gasteiger partial charge in [-0.15, -0.1) is 0 Å². The number of halogens is 2. The Morgan fingerprint density at radius 2 is 2.00 bits per heavy atom. The predicted octanol–water partition coefficient (Wildman–Crippen LogP) is 2.53. The summed E-state index contributed by atoms with van der Waals surface area (Å²) in [6.45, 7) is 4.17. The van der Waals surface area contributed by atoms with Gasteiger partial charge < -0.3 is 15.7 Å². The second kappa shape index (κ2) is 7.05. The molecule has 1 saturated carbocycles. The maximum atomic E-state index is 13.6. The van der Waals surface area contributed by atoms with Crippen LogP contribution < -0.4 is 10.6 Å². The zero-order valence-electron chi connectivity index (χ0n) is 12.8.